The Balaban J connectivity index is 1.45. The molecule has 0 aliphatic heterocycles. The first-order valence-electron chi connectivity index (χ1n) is 10.6. The number of amides is 2. The van der Waals surface area contributed by atoms with Crippen LogP contribution in [0.5, 0.6) is 11.5 Å². The van der Waals surface area contributed by atoms with Gasteiger partial charge in [-0.15, -0.1) is 0 Å². The van der Waals surface area contributed by atoms with Gasteiger partial charge in [0.1, 0.15) is 18.1 Å². The summed E-state index contributed by atoms with van der Waals surface area (Å²) < 4.78 is 12.0. The van der Waals surface area contributed by atoms with Gasteiger partial charge in [0.2, 0.25) is 0 Å². The van der Waals surface area contributed by atoms with Gasteiger partial charge < -0.3 is 9.47 Å². The molecule has 0 unspecified atom stereocenters. The van der Waals surface area contributed by atoms with E-state index in [0.717, 1.165) is 12.0 Å². The van der Waals surface area contributed by atoms with Crippen molar-refractivity contribution in [1.82, 2.24) is 16.2 Å². The molecule has 0 aliphatic carbocycles. The topological polar surface area (TPSA) is 88.7 Å². The van der Waals surface area contributed by atoms with Crippen molar-refractivity contribution in [3.63, 3.8) is 0 Å². The van der Waals surface area contributed by atoms with Crippen molar-refractivity contribution in [2.45, 2.75) is 20.0 Å². The third kappa shape index (κ3) is 7.57. The van der Waals surface area contributed by atoms with Crippen molar-refractivity contribution in [2.24, 2.45) is 0 Å². The van der Waals surface area contributed by atoms with Crippen LogP contribution in [0.1, 0.15) is 39.6 Å². The minimum atomic E-state index is -0.422. The Bertz CT molecular complexity index is 1140. The van der Waals surface area contributed by atoms with Crippen molar-refractivity contribution in [3.05, 3.63) is 94.0 Å². The Hall–Kier alpha value is -3.43. The number of rotatable bonds is 8. The Kier molecular flexibility index (Phi) is 9.42. The second kappa shape index (κ2) is 12.7. The number of hydrogen-bond donors (Lipinski definition) is 3. The van der Waals surface area contributed by atoms with Crippen LogP contribution in [0.25, 0.3) is 0 Å². The van der Waals surface area contributed by atoms with Crippen LogP contribution >= 0.6 is 28.1 Å². The summed E-state index contributed by atoms with van der Waals surface area (Å²) in [6.07, 6.45) is 0.881. The van der Waals surface area contributed by atoms with Crippen molar-refractivity contribution >= 4 is 45.1 Å². The zero-order chi connectivity index (χ0) is 24.3. The molecule has 176 valence electrons. The van der Waals surface area contributed by atoms with Gasteiger partial charge in [-0.2, -0.15) is 0 Å². The summed E-state index contributed by atoms with van der Waals surface area (Å²) in [5.74, 6) is 0.469. The molecule has 9 heteroatoms. The van der Waals surface area contributed by atoms with E-state index in [1.807, 2.05) is 37.3 Å². The monoisotopic (exact) mass is 541 g/mol. The van der Waals surface area contributed by atoms with E-state index in [0.29, 0.717) is 40.3 Å². The zero-order valence-electron chi connectivity index (χ0n) is 18.5. The number of benzene rings is 3. The minimum absolute atomic E-state index is 0.0383. The number of carbonyl (C=O) groups excluding carboxylic acids is 2. The number of nitrogens with one attached hydrogen (secondary N) is 3. The summed E-state index contributed by atoms with van der Waals surface area (Å²) in [7, 11) is 0. The molecule has 0 saturated heterocycles. The van der Waals surface area contributed by atoms with Gasteiger partial charge in [0, 0.05) is 11.1 Å². The van der Waals surface area contributed by atoms with Gasteiger partial charge in [0.15, 0.2) is 5.11 Å². The first-order valence-corrected chi connectivity index (χ1v) is 11.8. The van der Waals surface area contributed by atoms with Gasteiger partial charge in [-0.05, 0) is 82.6 Å². The number of halogens is 1. The molecule has 0 aromatic heterocycles. The third-order valence-corrected chi connectivity index (χ3v) is 5.36. The minimum Gasteiger partial charge on any atom is -0.492 e. The van der Waals surface area contributed by atoms with E-state index in [1.165, 1.54) is 0 Å². The largest absolute Gasteiger partial charge is 0.492 e. The maximum absolute atomic E-state index is 12.4. The van der Waals surface area contributed by atoms with Crippen molar-refractivity contribution < 1.29 is 19.1 Å². The predicted octanol–water partition coefficient (Wildman–Crippen LogP) is 4.77. The molecule has 2 amide bonds. The fraction of sp³-hybridized carbons (Fsp3) is 0.160. The smallest absolute Gasteiger partial charge is 0.269 e. The molecule has 3 rings (SSSR count). The van der Waals surface area contributed by atoms with Gasteiger partial charge in [-0.3, -0.25) is 25.8 Å². The molecule has 0 heterocycles. The molecular formula is C25H24BrN3O4S. The molecule has 0 bridgehead atoms. The van der Waals surface area contributed by atoms with Crippen molar-refractivity contribution in [2.75, 3.05) is 6.61 Å². The number of thiocarbonyl (C=S) groups is 1. The molecule has 3 aromatic rings. The van der Waals surface area contributed by atoms with Crippen LogP contribution in [-0.4, -0.2) is 23.5 Å². The third-order valence-electron chi connectivity index (χ3n) is 4.54. The van der Waals surface area contributed by atoms with Gasteiger partial charge >= 0.3 is 0 Å². The maximum atomic E-state index is 12.4. The molecule has 0 aliphatic rings. The normalized spacial score (nSPS) is 10.2. The fourth-order valence-corrected chi connectivity index (χ4v) is 3.44. The second-order valence-electron chi connectivity index (χ2n) is 7.15. The summed E-state index contributed by atoms with van der Waals surface area (Å²) in [4.78, 5) is 24.8. The summed E-state index contributed by atoms with van der Waals surface area (Å²) >= 11 is 8.50. The Morgan fingerprint density at radius 3 is 2.26 bits per heavy atom. The zero-order valence-corrected chi connectivity index (χ0v) is 20.9. The van der Waals surface area contributed by atoms with E-state index >= 15 is 0 Å². The fourth-order valence-electron chi connectivity index (χ4n) is 2.81. The SMILES string of the molecule is CCCOc1ccc(C(=O)NC(=S)NNC(=O)c2ccc(OCc3ccccc3)cc2)cc1Br. The van der Waals surface area contributed by atoms with Crippen LogP contribution in [-0.2, 0) is 6.61 Å². The van der Waals surface area contributed by atoms with Gasteiger partial charge in [-0.1, -0.05) is 37.3 Å². The molecule has 0 saturated carbocycles. The standard InChI is InChI=1S/C25H24BrN3O4S/c1-2-14-32-22-13-10-19(15-21(22)26)23(30)27-25(34)29-28-24(31)18-8-11-20(12-9-18)33-16-17-6-4-3-5-7-17/h3-13,15H,2,14,16H2,1H3,(H,28,31)(H2,27,29,30,34). The highest BCUT2D eigenvalue weighted by atomic mass is 79.9. The van der Waals surface area contributed by atoms with Gasteiger partial charge in [-0.25, -0.2) is 0 Å². The lowest BCUT2D eigenvalue weighted by molar-refractivity contribution is 0.0934. The molecule has 0 spiro atoms. The molecule has 0 radical (unpaired) electrons. The van der Waals surface area contributed by atoms with Crippen LogP contribution in [0, 0.1) is 0 Å². The first-order chi connectivity index (χ1) is 16.5. The van der Waals surface area contributed by atoms with Crippen LogP contribution < -0.4 is 25.6 Å². The number of hydrazine groups is 1. The molecule has 3 N–H and O–H groups in total. The lowest BCUT2D eigenvalue weighted by Gasteiger charge is -2.12. The first kappa shape index (κ1) is 25.2. The average Bonchev–Trinajstić information content (AvgIpc) is 2.86. The summed E-state index contributed by atoms with van der Waals surface area (Å²) in [6, 6.07) is 21.5. The molecule has 0 fully saturated rings. The van der Waals surface area contributed by atoms with Crippen LogP contribution in [0.3, 0.4) is 0 Å². The quantitative estimate of drug-likeness (QED) is 0.281. The molecule has 0 atom stereocenters. The Labute approximate surface area is 211 Å². The summed E-state index contributed by atoms with van der Waals surface area (Å²) in [5.41, 5.74) is 6.83. The highest BCUT2D eigenvalue weighted by Gasteiger charge is 2.12. The Morgan fingerprint density at radius 1 is 0.882 bits per heavy atom. The van der Waals surface area contributed by atoms with Gasteiger partial charge in [0.25, 0.3) is 11.8 Å². The maximum Gasteiger partial charge on any atom is 0.269 e. The number of hydrogen-bond acceptors (Lipinski definition) is 5. The van der Waals surface area contributed by atoms with Crippen LogP contribution in [0.15, 0.2) is 77.3 Å². The van der Waals surface area contributed by atoms with E-state index < -0.39 is 11.8 Å². The molecule has 34 heavy (non-hydrogen) atoms. The average molecular weight is 542 g/mol. The lowest BCUT2D eigenvalue weighted by Crippen LogP contribution is -2.48. The van der Waals surface area contributed by atoms with Crippen LogP contribution in [0.4, 0.5) is 0 Å². The lowest BCUT2D eigenvalue weighted by atomic mass is 10.2. The van der Waals surface area contributed by atoms with E-state index in [9.17, 15) is 9.59 Å². The van der Waals surface area contributed by atoms with Crippen molar-refractivity contribution in [3.8, 4) is 11.5 Å². The highest BCUT2D eigenvalue weighted by Crippen LogP contribution is 2.26. The Morgan fingerprint density at radius 2 is 1.59 bits per heavy atom. The predicted molar refractivity (Wildman–Crippen MR) is 138 cm³/mol. The number of carbonyl (C=O) groups is 2. The van der Waals surface area contributed by atoms with E-state index in [2.05, 4.69) is 32.1 Å². The molecular weight excluding hydrogens is 518 g/mol. The van der Waals surface area contributed by atoms with E-state index in [4.69, 9.17) is 21.7 Å². The van der Waals surface area contributed by atoms with E-state index in [1.54, 1.807) is 42.5 Å². The summed E-state index contributed by atoms with van der Waals surface area (Å²) in [5, 5.41) is 2.48. The molecule has 7 nitrogen and oxygen atoms in total. The van der Waals surface area contributed by atoms with Crippen molar-refractivity contribution in [1.29, 1.82) is 0 Å². The number of ether oxygens (including phenoxy) is 2. The highest BCUT2D eigenvalue weighted by molar-refractivity contribution is 9.10. The van der Waals surface area contributed by atoms with Crippen LogP contribution in [0.2, 0.25) is 0 Å². The van der Waals surface area contributed by atoms with Gasteiger partial charge in [0.05, 0.1) is 11.1 Å². The van der Waals surface area contributed by atoms with E-state index in [-0.39, 0.29) is 5.11 Å². The molecule has 3 aromatic carbocycles. The summed E-state index contributed by atoms with van der Waals surface area (Å²) in [6.45, 7) is 3.04. The second-order valence-corrected chi connectivity index (χ2v) is 8.42.